The van der Waals surface area contributed by atoms with E-state index in [-0.39, 0.29) is 17.4 Å². The Labute approximate surface area is 163 Å². The predicted octanol–water partition coefficient (Wildman–Crippen LogP) is 5.71. The van der Waals surface area contributed by atoms with Crippen LogP contribution in [0.5, 0.6) is 5.75 Å². The molecule has 7 heteroatoms. The molecule has 0 aliphatic rings. The number of hydrogen-bond acceptors (Lipinski definition) is 4. The van der Waals surface area contributed by atoms with E-state index in [9.17, 15) is 9.90 Å². The average Bonchev–Trinajstić information content (AvgIpc) is 3.13. The van der Waals surface area contributed by atoms with Gasteiger partial charge < -0.3 is 14.8 Å². The van der Waals surface area contributed by atoms with E-state index in [2.05, 4.69) is 26.2 Å². The number of furan rings is 1. The third-order valence-electron chi connectivity index (χ3n) is 3.61. The van der Waals surface area contributed by atoms with Crippen LogP contribution < -0.4 is 5.32 Å². The number of nitrogens with one attached hydrogen (secondary N) is 1. The minimum Gasteiger partial charge on any atom is -0.506 e. The number of hydrogen-bond donors (Lipinski definition) is 2. The van der Waals surface area contributed by atoms with Gasteiger partial charge in [0.2, 0.25) is 0 Å². The molecular weight excluding hydrogens is 420 g/mol. The van der Waals surface area contributed by atoms with E-state index >= 15 is 0 Å². The first-order chi connectivity index (χ1) is 12.4. The van der Waals surface area contributed by atoms with Gasteiger partial charge in [-0.2, -0.15) is 0 Å². The zero-order valence-corrected chi connectivity index (χ0v) is 16.0. The summed E-state index contributed by atoms with van der Waals surface area (Å²) in [5.41, 5.74) is 2.68. The number of aliphatic imine (C=N–C) groups is 1. The molecule has 0 saturated heterocycles. The van der Waals surface area contributed by atoms with Crippen molar-refractivity contribution in [1.29, 1.82) is 0 Å². The number of phenols is 1. The Morgan fingerprint density at radius 3 is 2.81 bits per heavy atom. The summed E-state index contributed by atoms with van der Waals surface area (Å²) in [7, 11) is 0. The van der Waals surface area contributed by atoms with Crippen molar-refractivity contribution in [3.05, 3.63) is 75.1 Å². The van der Waals surface area contributed by atoms with Crippen LogP contribution in [-0.2, 0) is 0 Å². The molecule has 0 atom stereocenters. The van der Waals surface area contributed by atoms with Crippen LogP contribution in [0.1, 0.15) is 21.7 Å². The maximum Gasteiger partial charge on any atom is 0.291 e. The van der Waals surface area contributed by atoms with Crippen LogP contribution in [0.4, 0.5) is 11.4 Å². The van der Waals surface area contributed by atoms with Gasteiger partial charge in [-0.25, -0.2) is 0 Å². The van der Waals surface area contributed by atoms with Gasteiger partial charge in [0.1, 0.15) is 5.75 Å². The van der Waals surface area contributed by atoms with Gasteiger partial charge in [0.05, 0.1) is 16.4 Å². The van der Waals surface area contributed by atoms with Crippen LogP contribution in [-0.4, -0.2) is 17.2 Å². The fourth-order valence-electron chi connectivity index (χ4n) is 2.29. The second-order valence-electron chi connectivity index (χ2n) is 5.51. The van der Waals surface area contributed by atoms with E-state index in [0.717, 1.165) is 5.56 Å². The maximum atomic E-state index is 12.0. The molecule has 3 rings (SSSR count). The average molecular weight is 434 g/mol. The van der Waals surface area contributed by atoms with E-state index in [1.165, 1.54) is 12.5 Å². The Morgan fingerprint density at radius 1 is 1.31 bits per heavy atom. The first kappa shape index (κ1) is 18.2. The fourth-order valence-corrected chi connectivity index (χ4v) is 3.12. The summed E-state index contributed by atoms with van der Waals surface area (Å²) in [5.74, 6) is -0.00578. The number of nitrogens with zero attached hydrogens (tertiary/aromatic N) is 1. The third-order valence-corrected chi connectivity index (χ3v) is 4.44. The summed E-state index contributed by atoms with van der Waals surface area (Å²) in [6.07, 6.45) is 2.98. The van der Waals surface area contributed by atoms with Crippen LogP contribution in [0.2, 0.25) is 5.02 Å². The summed E-state index contributed by atoms with van der Waals surface area (Å²) in [4.78, 5) is 16.4. The number of aromatic hydroxyl groups is 1. The van der Waals surface area contributed by atoms with Gasteiger partial charge in [0.15, 0.2) is 5.76 Å². The van der Waals surface area contributed by atoms with E-state index in [4.69, 9.17) is 16.0 Å². The molecule has 0 fully saturated rings. The minimum absolute atomic E-state index is 0.0669. The lowest BCUT2D eigenvalue weighted by Gasteiger charge is -2.08. The van der Waals surface area contributed by atoms with Gasteiger partial charge in [-0.15, -0.1) is 0 Å². The van der Waals surface area contributed by atoms with Crippen molar-refractivity contribution in [2.45, 2.75) is 6.92 Å². The topological polar surface area (TPSA) is 74.8 Å². The van der Waals surface area contributed by atoms with Crippen molar-refractivity contribution >= 4 is 51.0 Å². The Bertz CT molecular complexity index is 985. The third kappa shape index (κ3) is 4.15. The van der Waals surface area contributed by atoms with Crippen LogP contribution in [0, 0.1) is 6.92 Å². The molecule has 1 amide bonds. The van der Waals surface area contributed by atoms with Crippen LogP contribution >= 0.6 is 27.5 Å². The molecular formula is C19H14BrClN2O3. The fraction of sp³-hybridized carbons (Fsp3) is 0.0526. The number of amides is 1. The number of halogens is 2. The van der Waals surface area contributed by atoms with Crippen molar-refractivity contribution in [2.75, 3.05) is 5.32 Å². The normalized spacial score (nSPS) is 11.0. The highest BCUT2D eigenvalue weighted by atomic mass is 79.9. The Morgan fingerprint density at radius 2 is 2.12 bits per heavy atom. The molecule has 1 heterocycles. The highest BCUT2D eigenvalue weighted by Crippen LogP contribution is 2.31. The number of anilines is 1. The second kappa shape index (κ2) is 7.76. The van der Waals surface area contributed by atoms with Gasteiger partial charge in [-0.05, 0) is 70.9 Å². The Hall–Kier alpha value is -2.57. The summed E-state index contributed by atoms with van der Waals surface area (Å²) in [5, 5.41) is 13.3. The molecule has 2 aromatic carbocycles. The molecule has 0 unspecified atom stereocenters. The van der Waals surface area contributed by atoms with Crippen molar-refractivity contribution < 1.29 is 14.3 Å². The summed E-state index contributed by atoms with van der Waals surface area (Å²) in [6.45, 7) is 1.87. The van der Waals surface area contributed by atoms with Crippen molar-refractivity contribution in [1.82, 2.24) is 0 Å². The lowest BCUT2D eigenvalue weighted by Crippen LogP contribution is -2.11. The molecule has 132 valence electrons. The number of aryl methyl sites for hydroxylation is 1. The highest BCUT2D eigenvalue weighted by molar-refractivity contribution is 9.10. The van der Waals surface area contributed by atoms with Gasteiger partial charge in [0.25, 0.3) is 5.91 Å². The standard InChI is InChI=1S/C19H14BrClN2O3/c1-11-7-14(22-10-12-8-13(21)9-15(20)18(12)24)4-5-16(11)23-19(25)17-3-2-6-26-17/h2-10,24H,1H3,(H,23,25). The Kier molecular flexibility index (Phi) is 5.44. The molecule has 0 bridgehead atoms. The van der Waals surface area contributed by atoms with Crippen LogP contribution in [0.25, 0.3) is 0 Å². The van der Waals surface area contributed by atoms with Crippen LogP contribution in [0.15, 0.2) is 62.6 Å². The molecule has 0 saturated carbocycles. The molecule has 5 nitrogen and oxygen atoms in total. The minimum atomic E-state index is -0.317. The first-order valence-corrected chi connectivity index (χ1v) is 8.79. The maximum absolute atomic E-state index is 12.0. The molecule has 0 aliphatic heterocycles. The lowest BCUT2D eigenvalue weighted by molar-refractivity contribution is 0.0996. The zero-order valence-electron chi connectivity index (χ0n) is 13.7. The summed E-state index contributed by atoms with van der Waals surface area (Å²) < 4.78 is 5.57. The molecule has 26 heavy (non-hydrogen) atoms. The second-order valence-corrected chi connectivity index (χ2v) is 6.81. The van der Waals surface area contributed by atoms with E-state index < -0.39 is 0 Å². The summed E-state index contributed by atoms with van der Waals surface area (Å²) >= 11 is 9.23. The van der Waals surface area contributed by atoms with Gasteiger partial charge >= 0.3 is 0 Å². The molecule has 2 N–H and O–H groups in total. The molecule has 0 aliphatic carbocycles. The highest BCUT2D eigenvalue weighted by Gasteiger charge is 2.10. The smallest absolute Gasteiger partial charge is 0.291 e. The number of benzene rings is 2. The van der Waals surface area contributed by atoms with E-state index in [1.54, 1.807) is 36.4 Å². The SMILES string of the molecule is Cc1cc(N=Cc2cc(Cl)cc(Br)c2O)ccc1NC(=O)c1ccco1. The van der Waals surface area contributed by atoms with Gasteiger partial charge in [-0.1, -0.05) is 11.6 Å². The monoisotopic (exact) mass is 432 g/mol. The summed E-state index contributed by atoms with van der Waals surface area (Å²) in [6, 6.07) is 11.8. The number of carbonyl (C=O) groups is 1. The van der Waals surface area contributed by atoms with Crippen LogP contribution in [0.3, 0.4) is 0 Å². The number of phenolic OH excluding ortho intramolecular Hbond substituents is 1. The first-order valence-electron chi connectivity index (χ1n) is 7.61. The molecule has 1 aromatic heterocycles. The lowest BCUT2D eigenvalue weighted by atomic mass is 10.1. The molecule has 0 spiro atoms. The van der Waals surface area contributed by atoms with Crippen molar-refractivity contribution in [3.8, 4) is 5.75 Å². The number of rotatable bonds is 4. The van der Waals surface area contributed by atoms with Gasteiger partial charge in [0, 0.05) is 22.5 Å². The largest absolute Gasteiger partial charge is 0.506 e. The van der Waals surface area contributed by atoms with E-state index in [1.807, 2.05) is 13.0 Å². The quantitative estimate of drug-likeness (QED) is 0.517. The van der Waals surface area contributed by atoms with Crippen molar-refractivity contribution in [3.63, 3.8) is 0 Å². The molecule has 3 aromatic rings. The Balaban J connectivity index is 1.78. The van der Waals surface area contributed by atoms with Gasteiger partial charge in [-0.3, -0.25) is 9.79 Å². The van der Waals surface area contributed by atoms with Crippen molar-refractivity contribution in [2.24, 2.45) is 4.99 Å². The molecule has 0 radical (unpaired) electrons. The zero-order chi connectivity index (χ0) is 18.7. The van der Waals surface area contributed by atoms with E-state index in [0.29, 0.717) is 26.4 Å². The number of carbonyl (C=O) groups excluding carboxylic acids is 1. The predicted molar refractivity (Wildman–Crippen MR) is 106 cm³/mol.